The van der Waals surface area contributed by atoms with Gasteiger partial charge in [0.05, 0.1) is 47.6 Å². The van der Waals surface area contributed by atoms with Crippen LogP contribution in [0.25, 0.3) is 22.5 Å². The molecule has 2 aromatic heterocycles. The lowest BCUT2D eigenvalue weighted by Gasteiger charge is -2.25. The fourth-order valence-electron chi connectivity index (χ4n) is 7.51. The van der Waals surface area contributed by atoms with Crippen LogP contribution in [0.15, 0.2) is 122 Å². The quantitative estimate of drug-likeness (QED) is 0.0645. The van der Waals surface area contributed by atoms with Gasteiger partial charge in [-0.15, -0.1) is 0 Å². The van der Waals surface area contributed by atoms with E-state index in [0.29, 0.717) is 0 Å². The maximum Gasteiger partial charge on any atom is 0.127 e. The van der Waals surface area contributed by atoms with Gasteiger partial charge in [-0.05, 0) is 71.9 Å². The van der Waals surface area contributed by atoms with Crippen molar-refractivity contribution in [2.24, 2.45) is 0 Å². The molecule has 0 spiro atoms. The van der Waals surface area contributed by atoms with Crippen LogP contribution in [-0.4, -0.2) is 19.9 Å². The van der Waals surface area contributed by atoms with E-state index in [4.69, 9.17) is 24.7 Å². The Balaban J connectivity index is 1.29. The van der Waals surface area contributed by atoms with Crippen molar-refractivity contribution in [1.82, 2.24) is 19.9 Å². The van der Waals surface area contributed by atoms with Crippen molar-refractivity contribution in [2.45, 2.75) is 130 Å². The van der Waals surface area contributed by atoms with E-state index in [1.54, 1.807) is 0 Å². The molecule has 2 atom stereocenters. The first kappa shape index (κ1) is 41.6. The number of aromatic nitrogens is 4. The summed E-state index contributed by atoms with van der Waals surface area (Å²) in [5.41, 5.74) is 12.7. The van der Waals surface area contributed by atoms with Crippen molar-refractivity contribution in [2.75, 3.05) is 0 Å². The number of hydrogen-bond acceptors (Lipinski definition) is 5. The van der Waals surface area contributed by atoms with E-state index in [-0.39, 0.29) is 0 Å². The minimum absolute atomic E-state index is 0.487. The lowest BCUT2D eigenvalue weighted by Crippen LogP contribution is -2.16. The maximum absolute atomic E-state index is 7.22. The smallest absolute Gasteiger partial charge is 0.127 e. The Labute approximate surface area is 342 Å². The summed E-state index contributed by atoms with van der Waals surface area (Å²) < 4.78 is 7.22. The summed E-state index contributed by atoms with van der Waals surface area (Å²) in [6.45, 7) is 8.94. The second-order valence-corrected chi connectivity index (χ2v) is 15.5. The van der Waals surface area contributed by atoms with Crippen molar-refractivity contribution in [1.29, 1.82) is 0 Å². The molecule has 0 bridgehead atoms. The fourth-order valence-corrected chi connectivity index (χ4v) is 7.51. The van der Waals surface area contributed by atoms with E-state index < -0.39 is 12.2 Å². The van der Waals surface area contributed by atoms with Crippen LogP contribution in [0, 0.1) is 0 Å². The Bertz CT molecular complexity index is 1870. The van der Waals surface area contributed by atoms with Gasteiger partial charge in [0.25, 0.3) is 0 Å². The second-order valence-electron chi connectivity index (χ2n) is 15.5. The van der Waals surface area contributed by atoms with E-state index in [1.165, 1.54) is 73.6 Å². The largest absolute Gasteiger partial charge is 0.353 e. The van der Waals surface area contributed by atoms with Gasteiger partial charge in [-0.3, -0.25) is 19.9 Å². The first-order valence-electron chi connectivity index (χ1n) is 21.7. The zero-order valence-corrected chi connectivity index (χ0v) is 34.8. The van der Waals surface area contributed by atoms with Crippen LogP contribution >= 0.6 is 0 Å². The predicted molar refractivity (Wildman–Crippen MR) is 236 cm³/mol. The van der Waals surface area contributed by atoms with Crippen molar-refractivity contribution in [3.05, 3.63) is 167 Å². The monoisotopic (exact) mass is 758 g/mol. The van der Waals surface area contributed by atoms with Crippen LogP contribution in [0.4, 0.5) is 0 Å². The molecule has 6 rings (SSSR count). The average molecular weight is 759 g/mol. The molecule has 5 heteroatoms. The molecule has 0 aliphatic rings. The number of hydrogen-bond donors (Lipinski definition) is 0. The first-order chi connectivity index (χ1) is 28.1. The highest BCUT2D eigenvalue weighted by atomic mass is 16.5. The van der Waals surface area contributed by atoms with Gasteiger partial charge in [0.15, 0.2) is 0 Å². The number of aryl methyl sites for hydroxylation is 4. The third-order valence-corrected chi connectivity index (χ3v) is 10.9. The normalized spacial score (nSPS) is 12.4. The molecule has 4 aromatic carbocycles. The molecule has 0 aliphatic carbocycles. The SMILES string of the molecule is CCCCCCc1ccc(-c2cnc(C(OC(c3ccc(CCC)cc3)c3cnc(-c4ccc(CCCCCC)cc4)cn3)c3ccc(CCC)cc3)cn2)cc1. The number of unbranched alkanes of at least 4 members (excludes halogenated alkanes) is 6. The molecule has 296 valence electrons. The molecule has 0 radical (unpaired) electrons. The van der Waals surface area contributed by atoms with Gasteiger partial charge in [0.1, 0.15) is 12.2 Å². The van der Waals surface area contributed by atoms with Gasteiger partial charge < -0.3 is 4.74 Å². The zero-order chi connectivity index (χ0) is 39.7. The predicted octanol–water partition coefficient (Wildman–Crippen LogP) is 13.6. The van der Waals surface area contributed by atoms with Crippen molar-refractivity contribution < 1.29 is 4.74 Å². The summed E-state index contributed by atoms with van der Waals surface area (Å²) >= 11 is 0. The van der Waals surface area contributed by atoms with Crippen molar-refractivity contribution in [3.8, 4) is 22.5 Å². The van der Waals surface area contributed by atoms with Crippen LogP contribution in [0.2, 0.25) is 0 Å². The van der Waals surface area contributed by atoms with Gasteiger partial charge in [-0.25, -0.2) is 0 Å². The van der Waals surface area contributed by atoms with Gasteiger partial charge in [0.2, 0.25) is 0 Å². The minimum Gasteiger partial charge on any atom is -0.353 e. The minimum atomic E-state index is -0.487. The number of nitrogens with zero attached hydrogens (tertiary/aromatic N) is 4. The molecule has 0 amide bonds. The molecule has 0 N–H and O–H groups in total. The van der Waals surface area contributed by atoms with E-state index in [2.05, 4.69) is 125 Å². The lowest BCUT2D eigenvalue weighted by atomic mass is 10.00. The summed E-state index contributed by atoms with van der Waals surface area (Å²) in [5, 5.41) is 0. The van der Waals surface area contributed by atoms with E-state index >= 15 is 0 Å². The van der Waals surface area contributed by atoms with Crippen LogP contribution in [0.5, 0.6) is 0 Å². The Morgan fingerprint density at radius 1 is 0.368 bits per heavy atom. The van der Waals surface area contributed by atoms with Crippen molar-refractivity contribution >= 4 is 0 Å². The van der Waals surface area contributed by atoms with Crippen LogP contribution < -0.4 is 0 Å². The van der Waals surface area contributed by atoms with E-state index in [0.717, 1.165) is 83.6 Å². The summed E-state index contributed by atoms with van der Waals surface area (Å²) in [4.78, 5) is 20.0. The lowest BCUT2D eigenvalue weighted by molar-refractivity contribution is 0.0258. The van der Waals surface area contributed by atoms with Crippen LogP contribution in [0.1, 0.15) is 149 Å². The highest BCUT2D eigenvalue weighted by molar-refractivity contribution is 5.59. The van der Waals surface area contributed by atoms with Gasteiger partial charge in [0, 0.05) is 11.1 Å². The standard InChI is InChI=1S/C52H62N4O/c1-5-9-11-13-17-41-19-27-43(28-20-41)47-35-55-49(37-53-47)51(45-31-23-39(15-7-3)24-32-45)57-52(46-33-25-40(16-8-4)26-34-46)50-38-54-48(36-56-50)44-29-21-42(22-30-44)18-14-12-10-6-2/h19-38,51-52H,5-18H2,1-4H3. The zero-order valence-electron chi connectivity index (χ0n) is 34.8. The second kappa shape index (κ2) is 22.1. The molecule has 2 heterocycles. The van der Waals surface area contributed by atoms with Crippen LogP contribution in [-0.2, 0) is 30.4 Å². The third kappa shape index (κ3) is 12.0. The highest BCUT2D eigenvalue weighted by Gasteiger charge is 2.26. The number of benzene rings is 4. The van der Waals surface area contributed by atoms with Gasteiger partial charge in [-0.2, -0.15) is 0 Å². The molecular weight excluding hydrogens is 697 g/mol. The van der Waals surface area contributed by atoms with E-state index in [9.17, 15) is 0 Å². The Kier molecular flexibility index (Phi) is 16.1. The summed E-state index contributed by atoms with van der Waals surface area (Å²) in [6.07, 6.45) is 23.2. The maximum atomic E-state index is 7.22. The van der Waals surface area contributed by atoms with Gasteiger partial charge in [-0.1, -0.05) is 176 Å². The molecule has 5 nitrogen and oxygen atoms in total. The molecule has 0 saturated heterocycles. The Morgan fingerprint density at radius 2 is 0.737 bits per heavy atom. The summed E-state index contributed by atoms with van der Waals surface area (Å²) in [7, 11) is 0. The molecule has 6 aromatic rings. The molecule has 0 fully saturated rings. The average Bonchev–Trinajstić information content (AvgIpc) is 3.26. The fraction of sp³-hybridized carbons (Fsp3) is 0.385. The van der Waals surface area contributed by atoms with E-state index in [1.807, 2.05) is 24.8 Å². The third-order valence-electron chi connectivity index (χ3n) is 10.9. The molecule has 0 aliphatic heterocycles. The molecule has 0 saturated carbocycles. The van der Waals surface area contributed by atoms with Crippen LogP contribution in [0.3, 0.4) is 0 Å². The topological polar surface area (TPSA) is 60.8 Å². The highest BCUT2D eigenvalue weighted by Crippen LogP contribution is 2.36. The van der Waals surface area contributed by atoms with Crippen molar-refractivity contribution in [3.63, 3.8) is 0 Å². The van der Waals surface area contributed by atoms with Gasteiger partial charge >= 0.3 is 0 Å². The molecule has 2 unspecified atom stereocenters. The number of rotatable bonds is 22. The molecule has 57 heavy (non-hydrogen) atoms. The number of ether oxygens (including phenoxy) is 1. The Morgan fingerprint density at radius 3 is 1.07 bits per heavy atom. The molecular formula is C52H62N4O. The summed E-state index contributed by atoms with van der Waals surface area (Å²) in [5.74, 6) is 0. The summed E-state index contributed by atoms with van der Waals surface area (Å²) in [6, 6.07) is 35.1. The Hall–Kier alpha value is -5.00. The first-order valence-corrected chi connectivity index (χ1v) is 21.7.